The molecule has 0 spiro atoms. The molecule has 3 aromatic carbocycles. The summed E-state index contributed by atoms with van der Waals surface area (Å²) >= 11 is 0. The molecule has 5 amide bonds. The third-order valence-electron chi connectivity index (χ3n) is 8.29. The maximum atomic E-state index is 13.8. The Morgan fingerprint density at radius 3 is 2.38 bits per heavy atom. The predicted octanol–water partition coefficient (Wildman–Crippen LogP) is 5.41. The molecule has 226 valence electrons. The molecule has 1 aromatic heterocycles. The Balaban J connectivity index is 1.13. The van der Waals surface area contributed by atoms with E-state index in [1.54, 1.807) is 47.4 Å². The Labute approximate surface area is 258 Å². The van der Waals surface area contributed by atoms with Crippen LogP contribution in [0.5, 0.6) is 0 Å². The van der Waals surface area contributed by atoms with Crippen LogP contribution in [-0.2, 0) is 6.54 Å². The number of aromatic amines is 1. The van der Waals surface area contributed by atoms with E-state index in [1.165, 1.54) is 23.3 Å². The minimum Gasteiger partial charge on any atom is -0.308 e. The highest BCUT2D eigenvalue weighted by Gasteiger charge is 2.44. The molecule has 0 saturated heterocycles. The third kappa shape index (κ3) is 5.81. The van der Waals surface area contributed by atoms with Gasteiger partial charge in [-0.15, -0.1) is 5.10 Å². The van der Waals surface area contributed by atoms with Gasteiger partial charge in [0.2, 0.25) is 0 Å². The molecule has 3 aliphatic rings. The fourth-order valence-corrected chi connectivity index (χ4v) is 5.76. The Kier molecular flexibility index (Phi) is 7.38. The molecule has 7 rings (SSSR count). The first-order valence-corrected chi connectivity index (χ1v) is 15.0. The molecule has 3 N–H and O–H groups in total. The minimum absolute atomic E-state index is 0.0327. The van der Waals surface area contributed by atoms with Crippen molar-refractivity contribution in [2.24, 2.45) is 0 Å². The maximum Gasteiger partial charge on any atom is 0.326 e. The zero-order valence-electron chi connectivity index (χ0n) is 24.3. The van der Waals surface area contributed by atoms with Gasteiger partial charge in [0.25, 0.3) is 23.7 Å². The van der Waals surface area contributed by atoms with E-state index < -0.39 is 11.9 Å². The van der Waals surface area contributed by atoms with Crippen LogP contribution in [0.1, 0.15) is 80.7 Å². The number of aromatic nitrogens is 4. The van der Waals surface area contributed by atoms with Crippen LogP contribution in [0, 0.1) is 0 Å². The smallest absolute Gasteiger partial charge is 0.308 e. The number of hydrogen-bond donors (Lipinski definition) is 3. The monoisotopic (exact) mass is 602 g/mol. The molecule has 2 aliphatic carbocycles. The van der Waals surface area contributed by atoms with Gasteiger partial charge in [-0.3, -0.25) is 29.5 Å². The first kappa shape index (κ1) is 28.1. The summed E-state index contributed by atoms with van der Waals surface area (Å²) < 4.78 is 0. The molecule has 0 atom stereocenters. The highest BCUT2D eigenvalue weighted by molar-refractivity contribution is 6.22. The minimum atomic E-state index is -0.408. The fourth-order valence-electron chi connectivity index (χ4n) is 5.76. The number of benzene rings is 3. The van der Waals surface area contributed by atoms with Crippen molar-refractivity contribution in [3.8, 4) is 0 Å². The Hall–Kier alpha value is -5.65. The van der Waals surface area contributed by atoms with Gasteiger partial charge in [0.05, 0.1) is 17.7 Å². The SMILES string of the molecule is O=C(Nc1nn[nH]n1)c1ccc(CN(C(=O)Nc2ccc3c(c2)C(=O)N(C2CC2)C3=O)c2ccc(C3=CCCCC3)cc2)cc1. The number of nitrogens with one attached hydrogen (secondary N) is 3. The van der Waals surface area contributed by atoms with Crippen LogP contribution in [0.25, 0.3) is 5.57 Å². The second-order valence-electron chi connectivity index (χ2n) is 11.4. The molecule has 0 radical (unpaired) electrons. The standard InChI is InChI=1S/C33H30N8O4/c42-29(35-32-36-38-39-37-32)23-8-6-20(7-9-23)19-40(25-13-10-22(11-14-25)21-4-2-1-3-5-21)33(45)34-24-12-17-27-28(18-24)31(44)41(30(27)43)26-15-16-26/h4,6-14,17-18,26H,1-3,5,15-16,19H2,(H,34,45)(H2,35,36,37,38,39,42). The lowest BCUT2D eigenvalue weighted by molar-refractivity contribution is 0.0642. The molecule has 45 heavy (non-hydrogen) atoms. The van der Waals surface area contributed by atoms with Gasteiger partial charge >= 0.3 is 6.03 Å². The molecule has 1 saturated carbocycles. The van der Waals surface area contributed by atoms with E-state index in [1.807, 2.05) is 24.3 Å². The number of H-pyrrole nitrogens is 1. The Bertz CT molecular complexity index is 1810. The van der Waals surface area contributed by atoms with Crippen molar-refractivity contribution in [1.82, 2.24) is 25.5 Å². The third-order valence-corrected chi connectivity index (χ3v) is 8.29. The van der Waals surface area contributed by atoms with Crippen LogP contribution in [0.4, 0.5) is 22.1 Å². The average molecular weight is 603 g/mol. The number of carbonyl (C=O) groups excluding carboxylic acids is 4. The molecule has 1 aliphatic heterocycles. The first-order chi connectivity index (χ1) is 21.9. The number of allylic oxidation sites excluding steroid dienone is 2. The van der Waals surface area contributed by atoms with Gasteiger partial charge in [0.1, 0.15) is 0 Å². The zero-order valence-corrected chi connectivity index (χ0v) is 24.3. The van der Waals surface area contributed by atoms with Gasteiger partial charge in [-0.1, -0.05) is 35.4 Å². The van der Waals surface area contributed by atoms with Crippen molar-refractivity contribution in [1.29, 1.82) is 0 Å². The first-order valence-electron chi connectivity index (χ1n) is 15.0. The summed E-state index contributed by atoms with van der Waals surface area (Å²) in [5.41, 5.74) is 5.39. The number of fused-ring (bicyclic) bond motifs is 1. The lowest BCUT2D eigenvalue weighted by atomic mass is 9.93. The van der Waals surface area contributed by atoms with Crippen molar-refractivity contribution in [3.05, 3.63) is 101 Å². The molecule has 4 aromatic rings. The van der Waals surface area contributed by atoms with E-state index in [9.17, 15) is 19.2 Å². The number of urea groups is 1. The fraction of sp³-hybridized carbons (Fsp3) is 0.242. The summed E-state index contributed by atoms with van der Waals surface area (Å²) in [6.07, 6.45) is 8.40. The maximum absolute atomic E-state index is 13.8. The van der Waals surface area contributed by atoms with E-state index in [2.05, 4.69) is 37.3 Å². The van der Waals surface area contributed by atoms with Gasteiger partial charge in [-0.2, -0.15) is 5.21 Å². The normalized spacial score (nSPS) is 15.8. The van der Waals surface area contributed by atoms with E-state index >= 15 is 0 Å². The number of imide groups is 1. The molecular weight excluding hydrogens is 572 g/mol. The summed E-state index contributed by atoms with van der Waals surface area (Å²) in [4.78, 5) is 55.1. The van der Waals surface area contributed by atoms with Crippen LogP contribution >= 0.6 is 0 Å². The number of amides is 5. The highest BCUT2D eigenvalue weighted by atomic mass is 16.2. The second kappa shape index (κ2) is 11.8. The zero-order chi connectivity index (χ0) is 30.9. The lowest BCUT2D eigenvalue weighted by Crippen LogP contribution is -2.34. The van der Waals surface area contributed by atoms with E-state index in [0.29, 0.717) is 28.1 Å². The topological polar surface area (TPSA) is 153 Å². The van der Waals surface area contributed by atoms with Gasteiger partial charge in [-0.05, 0) is 103 Å². The molecule has 1 fully saturated rings. The molecular formula is C33H30N8O4. The predicted molar refractivity (Wildman–Crippen MR) is 167 cm³/mol. The molecule has 0 unspecified atom stereocenters. The molecule has 12 nitrogen and oxygen atoms in total. The Morgan fingerprint density at radius 2 is 1.69 bits per heavy atom. The van der Waals surface area contributed by atoms with Crippen LogP contribution in [0.15, 0.2) is 72.8 Å². The lowest BCUT2D eigenvalue weighted by Gasteiger charge is -2.24. The number of nitrogens with zero attached hydrogens (tertiary/aromatic N) is 5. The van der Waals surface area contributed by atoms with E-state index in [-0.39, 0.29) is 30.3 Å². The summed E-state index contributed by atoms with van der Waals surface area (Å²) in [6.45, 7) is 0.207. The highest BCUT2D eigenvalue weighted by Crippen LogP contribution is 2.36. The molecule has 0 bridgehead atoms. The quantitative estimate of drug-likeness (QED) is 0.228. The van der Waals surface area contributed by atoms with Crippen LogP contribution in [-0.4, -0.2) is 55.3 Å². The number of carbonyl (C=O) groups is 4. The number of hydrogen-bond acceptors (Lipinski definition) is 7. The van der Waals surface area contributed by atoms with Crippen molar-refractivity contribution < 1.29 is 19.2 Å². The molecule has 2 heterocycles. The van der Waals surface area contributed by atoms with Gasteiger partial charge in [0.15, 0.2) is 0 Å². The van der Waals surface area contributed by atoms with Crippen molar-refractivity contribution in [3.63, 3.8) is 0 Å². The summed E-state index contributed by atoms with van der Waals surface area (Å²) in [6, 6.07) is 19.2. The number of rotatable bonds is 8. The molecule has 12 heteroatoms. The van der Waals surface area contributed by atoms with Gasteiger partial charge in [-0.25, -0.2) is 4.79 Å². The largest absolute Gasteiger partial charge is 0.326 e. The second-order valence-corrected chi connectivity index (χ2v) is 11.4. The Morgan fingerprint density at radius 1 is 0.911 bits per heavy atom. The van der Waals surface area contributed by atoms with Crippen LogP contribution < -0.4 is 15.5 Å². The van der Waals surface area contributed by atoms with Crippen molar-refractivity contribution in [2.45, 2.75) is 51.1 Å². The van der Waals surface area contributed by atoms with Crippen molar-refractivity contribution in [2.75, 3.05) is 15.5 Å². The number of anilines is 3. The average Bonchev–Trinajstić information content (AvgIpc) is 3.71. The summed E-state index contributed by atoms with van der Waals surface area (Å²) in [7, 11) is 0. The number of tetrazole rings is 1. The summed E-state index contributed by atoms with van der Waals surface area (Å²) in [5.74, 6) is -0.923. The van der Waals surface area contributed by atoms with Gasteiger partial charge in [0, 0.05) is 23.0 Å². The van der Waals surface area contributed by atoms with Gasteiger partial charge < -0.3 is 5.32 Å². The summed E-state index contributed by atoms with van der Waals surface area (Å²) in [5, 5.41) is 18.7. The van der Waals surface area contributed by atoms with Crippen LogP contribution in [0.3, 0.4) is 0 Å². The van der Waals surface area contributed by atoms with E-state index in [4.69, 9.17) is 0 Å². The van der Waals surface area contributed by atoms with E-state index in [0.717, 1.165) is 36.8 Å². The van der Waals surface area contributed by atoms with Crippen molar-refractivity contribution >= 4 is 46.6 Å². The van der Waals surface area contributed by atoms with Crippen LogP contribution in [0.2, 0.25) is 0 Å².